The number of nitrogens with zero attached hydrogens (tertiary/aromatic N) is 3. The van der Waals surface area contributed by atoms with Crippen molar-refractivity contribution in [2.75, 3.05) is 18.0 Å². The minimum Gasteiger partial charge on any atom is -0.479 e. The standard InChI is InChI=1S/C33H40FN3O4/c1-20-27(29(31(38)39)41-32(2,3)4)28(37-13-11-33(5,6)12-14-37)25(19-35-20)23-17-26(34)30(36-18-23)40-24-15-21-9-7-8-10-22(21)16-24/h7-10,17-19,24,29H,11-16H2,1-6H3,(H,38,39)/t29-/m0/s1. The number of carboxylic acid groups (broad SMARTS) is 1. The van der Waals surface area contributed by atoms with Crippen LogP contribution >= 0.6 is 0 Å². The summed E-state index contributed by atoms with van der Waals surface area (Å²) in [5.41, 5.74) is 4.82. The van der Waals surface area contributed by atoms with Crippen LogP contribution in [0.3, 0.4) is 0 Å². The Labute approximate surface area is 241 Å². The highest BCUT2D eigenvalue weighted by Crippen LogP contribution is 2.43. The molecule has 0 amide bonds. The lowest BCUT2D eigenvalue weighted by molar-refractivity contribution is -0.160. The number of aliphatic carboxylic acids is 1. The van der Waals surface area contributed by atoms with Crippen LogP contribution in [-0.2, 0) is 22.4 Å². The maximum Gasteiger partial charge on any atom is 0.337 e. The van der Waals surface area contributed by atoms with E-state index in [0.29, 0.717) is 40.9 Å². The number of anilines is 1. The molecule has 3 aromatic rings. The molecule has 5 rings (SSSR count). The fourth-order valence-electron chi connectivity index (χ4n) is 5.82. The third kappa shape index (κ3) is 6.38. The van der Waals surface area contributed by atoms with Crippen LogP contribution in [0.1, 0.15) is 75.9 Å². The molecule has 1 saturated heterocycles. The number of halogens is 1. The van der Waals surface area contributed by atoms with Crippen molar-refractivity contribution in [3.63, 3.8) is 0 Å². The third-order valence-corrected chi connectivity index (χ3v) is 8.09. The van der Waals surface area contributed by atoms with Gasteiger partial charge in [-0.1, -0.05) is 38.1 Å². The zero-order valence-electron chi connectivity index (χ0n) is 24.8. The number of fused-ring (bicyclic) bond motifs is 1. The highest BCUT2D eigenvalue weighted by Gasteiger charge is 2.36. The Hall–Kier alpha value is -3.52. The Balaban J connectivity index is 1.54. The van der Waals surface area contributed by atoms with Crippen LogP contribution in [0.15, 0.2) is 42.7 Å². The number of piperidine rings is 1. The summed E-state index contributed by atoms with van der Waals surface area (Å²) in [6, 6.07) is 9.57. The number of ether oxygens (including phenoxy) is 2. The summed E-state index contributed by atoms with van der Waals surface area (Å²) in [6.07, 6.45) is 5.17. The average molecular weight is 562 g/mol. The number of benzene rings is 1. The van der Waals surface area contributed by atoms with Crippen LogP contribution in [0, 0.1) is 18.2 Å². The second kappa shape index (κ2) is 11.0. The van der Waals surface area contributed by atoms with E-state index in [0.717, 1.165) is 25.9 Å². The predicted octanol–water partition coefficient (Wildman–Crippen LogP) is 6.70. The second-order valence-electron chi connectivity index (χ2n) is 13.0. The molecule has 1 aromatic carbocycles. The number of pyridine rings is 2. The Bertz CT molecular complexity index is 1410. The van der Waals surface area contributed by atoms with Gasteiger partial charge in [0.05, 0.1) is 11.3 Å². The van der Waals surface area contributed by atoms with Gasteiger partial charge in [0, 0.05) is 60.7 Å². The van der Waals surface area contributed by atoms with Crippen molar-refractivity contribution in [2.45, 2.75) is 85.0 Å². The normalized spacial score (nSPS) is 17.8. The third-order valence-electron chi connectivity index (χ3n) is 8.09. The van der Waals surface area contributed by atoms with Gasteiger partial charge in [-0.05, 0) is 63.1 Å². The first-order chi connectivity index (χ1) is 19.3. The molecular formula is C33H40FN3O4. The van der Waals surface area contributed by atoms with Gasteiger partial charge in [-0.2, -0.15) is 0 Å². The minimum atomic E-state index is -1.24. The monoisotopic (exact) mass is 561 g/mol. The summed E-state index contributed by atoms with van der Waals surface area (Å²) in [7, 11) is 0. The van der Waals surface area contributed by atoms with Gasteiger partial charge in [0.25, 0.3) is 5.88 Å². The molecule has 7 nitrogen and oxygen atoms in total. The van der Waals surface area contributed by atoms with E-state index < -0.39 is 23.5 Å². The van der Waals surface area contributed by atoms with Gasteiger partial charge >= 0.3 is 5.97 Å². The van der Waals surface area contributed by atoms with E-state index in [2.05, 4.69) is 40.8 Å². The highest BCUT2D eigenvalue weighted by atomic mass is 19.1. The maximum atomic E-state index is 15.5. The van der Waals surface area contributed by atoms with Crippen LogP contribution in [-0.4, -0.2) is 45.8 Å². The average Bonchev–Trinajstić information content (AvgIpc) is 3.30. The van der Waals surface area contributed by atoms with E-state index in [1.807, 2.05) is 32.9 Å². The molecule has 0 bridgehead atoms. The summed E-state index contributed by atoms with van der Waals surface area (Å²) in [5.74, 6) is -1.69. The molecule has 8 heteroatoms. The molecule has 218 valence electrons. The molecule has 1 aliphatic heterocycles. The van der Waals surface area contributed by atoms with Crippen LogP contribution in [0.25, 0.3) is 11.1 Å². The number of hydrogen-bond donors (Lipinski definition) is 1. The fraction of sp³-hybridized carbons (Fsp3) is 0.485. The number of rotatable bonds is 7. The van der Waals surface area contributed by atoms with Crippen molar-refractivity contribution in [1.82, 2.24) is 9.97 Å². The van der Waals surface area contributed by atoms with Crippen LogP contribution < -0.4 is 9.64 Å². The van der Waals surface area contributed by atoms with Gasteiger partial charge in [-0.15, -0.1) is 0 Å². The summed E-state index contributed by atoms with van der Waals surface area (Å²) in [6.45, 7) is 13.3. The summed E-state index contributed by atoms with van der Waals surface area (Å²) in [4.78, 5) is 23.8. The quantitative estimate of drug-likeness (QED) is 0.343. The molecule has 1 atom stereocenters. The Kier molecular flexibility index (Phi) is 7.81. The number of aryl methyl sites for hydroxylation is 1. The van der Waals surface area contributed by atoms with Crippen molar-refractivity contribution in [1.29, 1.82) is 0 Å². The Morgan fingerprint density at radius 2 is 1.73 bits per heavy atom. The fourth-order valence-corrected chi connectivity index (χ4v) is 5.82. The Morgan fingerprint density at radius 3 is 2.29 bits per heavy atom. The van der Waals surface area contributed by atoms with Crippen LogP contribution in [0.4, 0.5) is 10.1 Å². The van der Waals surface area contributed by atoms with Crippen molar-refractivity contribution in [3.8, 4) is 17.0 Å². The molecule has 3 heterocycles. The number of carbonyl (C=O) groups is 1. The minimum absolute atomic E-state index is 0.0346. The zero-order valence-corrected chi connectivity index (χ0v) is 24.8. The zero-order chi connectivity index (χ0) is 29.5. The van der Waals surface area contributed by atoms with Gasteiger partial charge in [-0.3, -0.25) is 4.98 Å². The van der Waals surface area contributed by atoms with Crippen LogP contribution in [0.5, 0.6) is 5.88 Å². The molecule has 1 N–H and O–H groups in total. The number of aromatic nitrogens is 2. The molecule has 2 aromatic heterocycles. The van der Waals surface area contributed by atoms with Gasteiger partial charge in [0.1, 0.15) is 6.10 Å². The summed E-state index contributed by atoms with van der Waals surface area (Å²) < 4.78 is 27.6. The van der Waals surface area contributed by atoms with Crippen molar-refractivity contribution >= 4 is 11.7 Å². The topological polar surface area (TPSA) is 84.8 Å². The first-order valence-corrected chi connectivity index (χ1v) is 14.4. The van der Waals surface area contributed by atoms with E-state index in [1.54, 1.807) is 19.3 Å². The lowest BCUT2D eigenvalue weighted by atomic mass is 9.82. The lowest BCUT2D eigenvalue weighted by Gasteiger charge is -2.40. The molecule has 2 aliphatic rings. The molecule has 0 saturated carbocycles. The Morgan fingerprint density at radius 1 is 1.10 bits per heavy atom. The summed E-state index contributed by atoms with van der Waals surface area (Å²) >= 11 is 0. The molecular weight excluding hydrogens is 521 g/mol. The molecule has 41 heavy (non-hydrogen) atoms. The molecule has 1 fully saturated rings. The van der Waals surface area contributed by atoms with Crippen molar-refractivity contribution in [3.05, 3.63) is 70.9 Å². The number of hydrogen-bond acceptors (Lipinski definition) is 6. The SMILES string of the molecule is Cc1ncc(-c2cnc(OC3Cc4ccccc4C3)c(F)c2)c(N2CCC(C)(C)CC2)c1[C@H](OC(C)(C)C)C(=O)O. The van der Waals surface area contributed by atoms with Crippen LogP contribution in [0.2, 0.25) is 0 Å². The summed E-state index contributed by atoms with van der Waals surface area (Å²) in [5, 5.41) is 10.3. The van der Waals surface area contributed by atoms with Crippen molar-refractivity contribution < 1.29 is 23.8 Å². The van der Waals surface area contributed by atoms with Gasteiger partial charge in [-0.25, -0.2) is 14.2 Å². The highest BCUT2D eigenvalue weighted by molar-refractivity contribution is 5.86. The van der Waals surface area contributed by atoms with Crippen molar-refractivity contribution in [2.24, 2.45) is 5.41 Å². The van der Waals surface area contributed by atoms with Gasteiger partial charge in [0.15, 0.2) is 11.9 Å². The molecule has 0 radical (unpaired) electrons. The molecule has 0 spiro atoms. The maximum absolute atomic E-state index is 15.5. The second-order valence-corrected chi connectivity index (χ2v) is 13.0. The lowest BCUT2D eigenvalue weighted by Crippen LogP contribution is -2.39. The molecule has 1 aliphatic carbocycles. The van der Waals surface area contributed by atoms with E-state index in [1.165, 1.54) is 17.2 Å². The largest absolute Gasteiger partial charge is 0.479 e. The van der Waals surface area contributed by atoms with Gasteiger partial charge < -0.3 is 19.5 Å². The van der Waals surface area contributed by atoms with E-state index >= 15 is 4.39 Å². The first kappa shape index (κ1) is 29.0. The molecule has 0 unspecified atom stereocenters. The number of carboxylic acids is 1. The first-order valence-electron chi connectivity index (χ1n) is 14.4. The van der Waals surface area contributed by atoms with E-state index in [9.17, 15) is 9.90 Å². The van der Waals surface area contributed by atoms with E-state index in [-0.39, 0.29) is 17.4 Å². The van der Waals surface area contributed by atoms with Gasteiger partial charge in [0.2, 0.25) is 0 Å². The van der Waals surface area contributed by atoms with E-state index in [4.69, 9.17) is 9.47 Å². The predicted molar refractivity (Wildman–Crippen MR) is 157 cm³/mol. The smallest absolute Gasteiger partial charge is 0.337 e.